The molecule has 13 heteroatoms. The van der Waals surface area contributed by atoms with Crippen molar-refractivity contribution < 1.29 is 32.3 Å². The molecule has 292 valence electrons. The molecule has 2 saturated carbocycles. The molecule has 3 aromatic rings. The molecule has 3 amide bonds. The van der Waals surface area contributed by atoms with Crippen LogP contribution >= 0.6 is 0 Å². The lowest BCUT2D eigenvalue weighted by atomic mass is 9.94. The van der Waals surface area contributed by atoms with Gasteiger partial charge in [-0.15, -0.1) is 0 Å². The summed E-state index contributed by atoms with van der Waals surface area (Å²) in [6, 6.07) is 15.7. The number of hydrogen-bond acceptors (Lipinski definition) is 9. The maximum absolute atomic E-state index is 14.9. The van der Waals surface area contributed by atoms with E-state index in [0.29, 0.717) is 54.9 Å². The summed E-state index contributed by atoms with van der Waals surface area (Å²) in [6.45, 7) is 1.59. The fourth-order valence-corrected chi connectivity index (χ4v) is 10.5. The minimum absolute atomic E-state index is 0.00418. The van der Waals surface area contributed by atoms with Crippen LogP contribution in [-0.2, 0) is 24.4 Å². The van der Waals surface area contributed by atoms with E-state index in [2.05, 4.69) is 22.8 Å². The second kappa shape index (κ2) is 15.9. The third kappa shape index (κ3) is 8.23. The zero-order valence-corrected chi connectivity index (χ0v) is 32.2. The fraction of sp³-hybridized carbons (Fsp3) is 0.524. The topological polar surface area (TPSA) is 147 Å². The van der Waals surface area contributed by atoms with E-state index in [-0.39, 0.29) is 43.2 Å². The molecule has 8 rings (SSSR count). The van der Waals surface area contributed by atoms with Crippen LogP contribution in [0.15, 0.2) is 66.7 Å². The Morgan fingerprint density at radius 1 is 0.982 bits per heavy atom. The van der Waals surface area contributed by atoms with Gasteiger partial charge in [-0.05, 0) is 63.6 Å². The second-order valence-corrected chi connectivity index (χ2v) is 17.9. The first-order valence-corrected chi connectivity index (χ1v) is 21.4. The number of methoxy groups -OCH3 is 1. The number of carbonyl (C=O) groups is 3. The van der Waals surface area contributed by atoms with Crippen molar-refractivity contribution in [2.45, 2.75) is 100 Å². The van der Waals surface area contributed by atoms with Crippen LogP contribution in [-0.4, -0.2) is 96.6 Å². The maximum atomic E-state index is 14.9. The highest BCUT2D eigenvalue weighted by Gasteiger charge is 2.56. The van der Waals surface area contributed by atoms with E-state index in [1.54, 1.807) is 7.11 Å². The van der Waals surface area contributed by atoms with E-state index in [1.165, 1.54) is 4.90 Å². The summed E-state index contributed by atoms with van der Waals surface area (Å²) in [7, 11) is -2.33. The summed E-state index contributed by atoms with van der Waals surface area (Å²) >= 11 is 0. The van der Waals surface area contributed by atoms with Crippen molar-refractivity contribution in [3.05, 3.63) is 66.7 Å². The largest absolute Gasteiger partial charge is 0.497 e. The summed E-state index contributed by atoms with van der Waals surface area (Å²) in [6.07, 6.45) is 10.0. The molecular formula is C42H51N5O7S. The third-order valence-corrected chi connectivity index (χ3v) is 14.0. The minimum atomic E-state index is -3.93. The third-order valence-electron chi connectivity index (χ3n) is 11.7. The molecule has 55 heavy (non-hydrogen) atoms. The van der Waals surface area contributed by atoms with Crippen molar-refractivity contribution >= 4 is 38.6 Å². The number of sulfonamides is 1. The van der Waals surface area contributed by atoms with Gasteiger partial charge in [0.2, 0.25) is 21.8 Å². The predicted octanol–water partition coefficient (Wildman–Crippen LogP) is 4.97. The second-order valence-electron chi connectivity index (χ2n) is 15.8. The molecule has 12 nitrogen and oxygen atoms in total. The molecule has 4 heterocycles. The van der Waals surface area contributed by atoms with Gasteiger partial charge in [-0.25, -0.2) is 17.7 Å². The number of ether oxygens (including phenoxy) is 2. The Labute approximate surface area is 323 Å². The fourth-order valence-electron chi connectivity index (χ4n) is 8.46. The van der Waals surface area contributed by atoms with Gasteiger partial charge in [-0.1, -0.05) is 55.3 Å². The number of nitrogens with zero attached hydrogens (tertiary/aromatic N) is 3. The lowest BCUT2D eigenvalue weighted by Gasteiger charge is -2.32. The average molecular weight is 770 g/mol. The smallest absolute Gasteiger partial charge is 0.259 e. The molecule has 1 aromatic heterocycles. The predicted molar refractivity (Wildman–Crippen MR) is 209 cm³/mol. The molecule has 0 spiro atoms. The summed E-state index contributed by atoms with van der Waals surface area (Å²) in [5.41, 5.74) is 2.24. The lowest BCUT2D eigenvalue weighted by Crippen LogP contribution is -2.53. The number of carbonyl (C=O) groups excluding carboxylic acids is 3. The normalized spacial score (nSPS) is 27.6. The summed E-state index contributed by atoms with van der Waals surface area (Å²) in [5, 5.41) is 6.52. The Balaban J connectivity index is 1.14. The molecule has 3 aliphatic heterocycles. The number of rotatable bonds is 9. The van der Waals surface area contributed by atoms with Gasteiger partial charge in [0.25, 0.3) is 5.91 Å². The molecule has 0 bridgehead atoms. The number of nitrogens with one attached hydrogen (secondary N) is 2. The Bertz CT molecular complexity index is 2050. The van der Waals surface area contributed by atoms with Gasteiger partial charge in [0.15, 0.2) is 0 Å². The van der Waals surface area contributed by atoms with Gasteiger partial charge < -0.3 is 25.0 Å². The molecule has 6 atom stereocenters. The highest BCUT2D eigenvalue weighted by Crippen LogP contribution is 2.44. The zero-order valence-electron chi connectivity index (χ0n) is 31.4. The van der Waals surface area contributed by atoms with Gasteiger partial charge in [-0.2, -0.15) is 0 Å². The number of benzene rings is 2. The molecule has 2 saturated heterocycles. The van der Waals surface area contributed by atoms with E-state index in [4.69, 9.17) is 14.5 Å². The lowest BCUT2D eigenvalue weighted by molar-refractivity contribution is -0.145. The number of amides is 3. The van der Waals surface area contributed by atoms with Crippen molar-refractivity contribution in [2.24, 2.45) is 11.8 Å². The first kappa shape index (κ1) is 37.4. The quantitative estimate of drug-likeness (QED) is 0.288. The summed E-state index contributed by atoms with van der Waals surface area (Å²) < 4.78 is 41.5. The van der Waals surface area contributed by atoms with Crippen molar-refractivity contribution in [3.8, 4) is 22.8 Å². The van der Waals surface area contributed by atoms with Gasteiger partial charge in [0, 0.05) is 60.3 Å². The highest BCUT2D eigenvalue weighted by molar-refractivity contribution is 7.90. The number of aromatic nitrogens is 1. The van der Waals surface area contributed by atoms with Crippen LogP contribution in [0.3, 0.4) is 0 Å². The molecule has 2 aromatic carbocycles. The number of fused-ring (bicyclic) bond motifs is 3. The van der Waals surface area contributed by atoms with Gasteiger partial charge in [0.05, 0.1) is 36.2 Å². The molecule has 2 N–H and O–H groups in total. The van der Waals surface area contributed by atoms with Crippen LogP contribution in [0, 0.1) is 11.8 Å². The van der Waals surface area contributed by atoms with Crippen LogP contribution < -0.4 is 20.1 Å². The van der Waals surface area contributed by atoms with E-state index < -0.39 is 45.3 Å². The zero-order chi connectivity index (χ0) is 38.1. The highest BCUT2D eigenvalue weighted by atomic mass is 32.2. The van der Waals surface area contributed by atoms with Gasteiger partial charge in [0.1, 0.15) is 23.6 Å². The molecular weight excluding hydrogens is 719 g/mol. The molecule has 0 radical (unpaired) electrons. The minimum Gasteiger partial charge on any atom is -0.497 e. The van der Waals surface area contributed by atoms with Crippen LogP contribution in [0.2, 0.25) is 0 Å². The van der Waals surface area contributed by atoms with E-state index in [0.717, 1.165) is 53.9 Å². The van der Waals surface area contributed by atoms with Crippen LogP contribution in [0.25, 0.3) is 22.2 Å². The molecule has 4 fully saturated rings. The van der Waals surface area contributed by atoms with E-state index in [1.807, 2.05) is 54.6 Å². The molecule has 5 unspecified atom stereocenters. The van der Waals surface area contributed by atoms with E-state index in [9.17, 15) is 22.8 Å². The van der Waals surface area contributed by atoms with Crippen molar-refractivity contribution in [3.63, 3.8) is 0 Å². The van der Waals surface area contributed by atoms with Crippen molar-refractivity contribution in [1.29, 1.82) is 0 Å². The van der Waals surface area contributed by atoms with Crippen LogP contribution in [0.1, 0.15) is 70.6 Å². The Hall–Kier alpha value is -4.49. The Kier molecular flexibility index (Phi) is 10.8. The summed E-state index contributed by atoms with van der Waals surface area (Å²) in [5.74, 6) is -0.588. The molecule has 5 aliphatic rings. The van der Waals surface area contributed by atoms with Crippen LogP contribution in [0.4, 0.5) is 0 Å². The average Bonchev–Trinajstić information content (AvgIpc) is 4.09. The molecule has 2 aliphatic carbocycles. The number of pyridine rings is 1. The van der Waals surface area contributed by atoms with Crippen molar-refractivity contribution in [2.75, 3.05) is 26.7 Å². The van der Waals surface area contributed by atoms with Gasteiger partial charge >= 0.3 is 0 Å². The van der Waals surface area contributed by atoms with Crippen LogP contribution in [0.5, 0.6) is 11.5 Å². The number of hydrogen-bond donors (Lipinski definition) is 2. The monoisotopic (exact) mass is 769 g/mol. The first-order valence-electron chi connectivity index (χ1n) is 19.9. The Morgan fingerprint density at radius 2 is 1.82 bits per heavy atom. The first-order chi connectivity index (χ1) is 26.7. The Morgan fingerprint density at radius 3 is 2.58 bits per heavy atom. The summed E-state index contributed by atoms with van der Waals surface area (Å²) in [4.78, 5) is 49.6. The standard InChI is InChI=1S/C42H51N5O7S/c1-53-31-14-17-34-36(22-31)45-35(27-10-8-5-9-11-27)24-39(34)54-32-23-38-42(50)47(55(51,52)33-15-16-33)37-20-28(37)12-6-3-2-4-7-13-29(41(49)46(38)26-32)21-40(48)44-30-18-19-43-25-30/h5-6,8-12,14,17,22,24,28-30,32-33,37-38,43H,2-4,7,13,15-16,18-21,23,25-26H2,1H3,(H,44,48)/t28?,29?,30-,32?,37?,38?/m1/s1. The van der Waals surface area contributed by atoms with Crippen molar-refractivity contribution in [1.82, 2.24) is 24.8 Å². The van der Waals surface area contributed by atoms with E-state index >= 15 is 0 Å². The SMILES string of the molecule is COc1ccc2c(OC3CC4C(=O)N(S(=O)(=O)C5CC5)C5CC5C=CCCCCCC(CC(=O)N[C@@H]5CCNC5)C(=O)N4C3)cc(-c3ccccc3)nc2c1. The van der Waals surface area contributed by atoms with Gasteiger partial charge in [-0.3, -0.25) is 14.4 Å². The maximum Gasteiger partial charge on any atom is 0.259 e. The number of allylic oxidation sites excluding steroid dienone is 1.